The third-order valence-corrected chi connectivity index (χ3v) is 3.18. The average Bonchev–Trinajstić information content (AvgIpc) is 2.90. The molecule has 0 amide bonds. The van der Waals surface area contributed by atoms with E-state index in [0.29, 0.717) is 22.8 Å². The van der Waals surface area contributed by atoms with Crippen molar-refractivity contribution in [3.05, 3.63) is 60.2 Å². The van der Waals surface area contributed by atoms with Crippen molar-refractivity contribution in [1.82, 2.24) is 9.38 Å². The van der Waals surface area contributed by atoms with Crippen molar-refractivity contribution in [2.24, 2.45) is 10.2 Å². The van der Waals surface area contributed by atoms with Gasteiger partial charge < -0.3 is 4.74 Å². The number of methoxy groups -OCH3 is 1. The van der Waals surface area contributed by atoms with Gasteiger partial charge >= 0.3 is 5.97 Å². The molecule has 3 aromatic rings. The van der Waals surface area contributed by atoms with Gasteiger partial charge in [0.1, 0.15) is 11.5 Å². The maximum Gasteiger partial charge on any atom is 0.311 e. The van der Waals surface area contributed by atoms with Crippen LogP contribution in [0, 0.1) is 5.82 Å². The molecule has 0 saturated carbocycles. The second-order valence-corrected chi connectivity index (χ2v) is 4.75. The van der Waals surface area contributed by atoms with E-state index in [9.17, 15) is 9.18 Å². The van der Waals surface area contributed by atoms with Crippen molar-refractivity contribution in [3.63, 3.8) is 0 Å². The number of carbonyl (C=O) groups excluding carboxylic acids is 1. The Morgan fingerprint density at radius 1 is 1.22 bits per heavy atom. The van der Waals surface area contributed by atoms with Crippen molar-refractivity contribution < 1.29 is 13.9 Å². The molecule has 7 heteroatoms. The number of rotatable bonds is 4. The van der Waals surface area contributed by atoms with E-state index in [4.69, 9.17) is 0 Å². The van der Waals surface area contributed by atoms with E-state index >= 15 is 0 Å². The minimum Gasteiger partial charge on any atom is -0.469 e. The van der Waals surface area contributed by atoms with Gasteiger partial charge in [0.2, 0.25) is 0 Å². The molecule has 6 nitrogen and oxygen atoms in total. The normalized spacial score (nSPS) is 11.2. The van der Waals surface area contributed by atoms with Gasteiger partial charge in [-0.3, -0.25) is 9.20 Å². The molecule has 0 radical (unpaired) electrons. The molecule has 0 N–H and O–H groups in total. The SMILES string of the molecule is COC(=O)Cc1nc2ccc(F)cn2c1N=Nc1ccccc1. The standard InChI is InChI=1S/C16H13FN4O2/c1-23-15(22)9-13-16(20-19-12-5-3-2-4-6-12)21-10-11(17)7-8-14(21)18-13/h2-8,10H,9H2,1H3. The first-order valence-corrected chi connectivity index (χ1v) is 6.87. The molecule has 0 atom stereocenters. The highest BCUT2D eigenvalue weighted by Crippen LogP contribution is 2.25. The van der Waals surface area contributed by atoms with Crippen molar-refractivity contribution in [2.45, 2.75) is 6.42 Å². The maximum absolute atomic E-state index is 13.5. The van der Waals surface area contributed by atoms with Gasteiger partial charge in [-0.05, 0) is 24.3 Å². The van der Waals surface area contributed by atoms with Crippen LogP contribution >= 0.6 is 0 Å². The fraction of sp³-hybridized carbons (Fsp3) is 0.125. The van der Waals surface area contributed by atoms with E-state index < -0.39 is 11.8 Å². The first kappa shape index (κ1) is 14.8. The van der Waals surface area contributed by atoms with Gasteiger partial charge in [-0.15, -0.1) is 10.2 Å². The molecule has 3 rings (SSSR count). The van der Waals surface area contributed by atoms with E-state index in [1.54, 1.807) is 12.1 Å². The van der Waals surface area contributed by atoms with E-state index in [-0.39, 0.29) is 6.42 Å². The molecule has 0 aliphatic heterocycles. The second kappa shape index (κ2) is 6.35. The number of halogens is 1. The van der Waals surface area contributed by atoms with Gasteiger partial charge in [0.15, 0.2) is 5.82 Å². The smallest absolute Gasteiger partial charge is 0.311 e. The van der Waals surface area contributed by atoms with E-state index in [1.165, 1.54) is 29.8 Å². The van der Waals surface area contributed by atoms with Crippen LogP contribution in [0.5, 0.6) is 0 Å². The number of nitrogens with zero attached hydrogens (tertiary/aromatic N) is 4. The topological polar surface area (TPSA) is 68.3 Å². The summed E-state index contributed by atoms with van der Waals surface area (Å²) in [4.78, 5) is 15.8. The first-order valence-electron chi connectivity index (χ1n) is 6.87. The minimum atomic E-state index is -0.454. The summed E-state index contributed by atoms with van der Waals surface area (Å²) < 4.78 is 19.6. The molecule has 0 saturated heterocycles. The monoisotopic (exact) mass is 312 g/mol. The lowest BCUT2D eigenvalue weighted by molar-refractivity contribution is -0.139. The number of imidazole rings is 1. The highest BCUT2D eigenvalue weighted by molar-refractivity contribution is 5.74. The number of hydrogen-bond donors (Lipinski definition) is 0. The quantitative estimate of drug-likeness (QED) is 0.546. The molecular formula is C16H13FN4O2. The van der Waals surface area contributed by atoms with Crippen LogP contribution < -0.4 is 0 Å². The zero-order valence-electron chi connectivity index (χ0n) is 12.3. The molecule has 0 bridgehead atoms. The summed E-state index contributed by atoms with van der Waals surface area (Å²) in [5, 5.41) is 8.26. The Kier molecular flexibility index (Phi) is 4.09. The third-order valence-electron chi connectivity index (χ3n) is 3.18. The summed E-state index contributed by atoms with van der Waals surface area (Å²) >= 11 is 0. The molecule has 0 fully saturated rings. The van der Waals surface area contributed by atoms with E-state index in [0.717, 1.165) is 0 Å². The molecule has 2 heterocycles. The lowest BCUT2D eigenvalue weighted by atomic mass is 10.3. The molecule has 0 aliphatic rings. The Bertz CT molecular complexity index is 874. The molecule has 116 valence electrons. The van der Waals surface area contributed by atoms with Crippen LogP contribution in [0.3, 0.4) is 0 Å². The van der Waals surface area contributed by atoms with Crippen molar-refractivity contribution in [3.8, 4) is 0 Å². The Labute approximate surface area is 131 Å². The average molecular weight is 312 g/mol. The number of benzene rings is 1. The summed E-state index contributed by atoms with van der Waals surface area (Å²) in [5.74, 6) is -0.588. The molecule has 1 aromatic carbocycles. The third kappa shape index (κ3) is 3.23. The van der Waals surface area contributed by atoms with Crippen LogP contribution in [-0.4, -0.2) is 22.5 Å². The van der Waals surface area contributed by atoms with Crippen LogP contribution in [0.4, 0.5) is 15.9 Å². The van der Waals surface area contributed by atoms with E-state index in [1.807, 2.05) is 18.2 Å². The fourth-order valence-electron chi connectivity index (χ4n) is 2.09. The summed E-state index contributed by atoms with van der Waals surface area (Å²) in [7, 11) is 1.29. The zero-order valence-corrected chi connectivity index (χ0v) is 12.3. The first-order chi connectivity index (χ1) is 11.2. The van der Waals surface area contributed by atoms with E-state index in [2.05, 4.69) is 19.9 Å². The maximum atomic E-state index is 13.5. The molecule has 0 unspecified atom stereocenters. The van der Waals surface area contributed by atoms with Gasteiger partial charge in [-0.25, -0.2) is 9.37 Å². The number of azo groups is 1. The number of aromatic nitrogens is 2. The molecule has 23 heavy (non-hydrogen) atoms. The number of ether oxygens (including phenoxy) is 1. The Balaban J connectivity index is 2.07. The summed E-state index contributed by atoms with van der Waals surface area (Å²) in [6.45, 7) is 0. The van der Waals surface area contributed by atoms with Crippen LogP contribution in [0.2, 0.25) is 0 Å². The second-order valence-electron chi connectivity index (χ2n) is 4.75. The van der Waals surface area contributed by atoms with Gasteiger partial charge in [0.25, 0.3) is 0 Å². The highest BCUT2D eigenvalue weighted by Gasteiger charge is 2.16. The number of pyridine rings is 1. The van der Waals surface area contributed by atoms with Crippen LogP contribution in [-0.2, 0) is 16.0 Å². The molecule has 2 aromatic heterocycles. The Morgan fingerprint density at radius 2 is 2.00 bits per heavy atom. The number of carbonyl (C=O) groups is 1. The lowest BCUT2D eigenvalue weighted by Gasteiger charge is -1.99. The van der Waals surface area contributed by atoms with Crippen LogP contribution in [0.1, 0.15) is 5.69 Å². The number of hydrogen-bond acceptors (Lipinski definition) is 5. The van der Waals surface area contributed by atoms with Crippen molar-refractivity contribution >= 4 is 23.1 Å². The molecular weight excluding hydrogens is 299 g/mol. The number of fused-ring (bicyclic) bond motifs is 1. The Hall–Kier alpha value is -3.09. The van der Waals surface area contributed by atoms with Crippen molar-refractivity contribution in [1.29, 1.82) is 0 Å². The lowest BCUT2D eigenvalue weighted by Crippen LogP contribution is -2.04. The largest absolute Gasteiger partial charge is 0.469 e. The number of esters is 1. The summed E-state index contributed by atoms with van der Waals surface area (Å²) in [6.07, 6.45) is 1.19. The fourth-order valence-corrected chi connectivity index (χ4v) is 2.09. The van der Waals surface area contributed by atoms with Crippen LogP contribution in [0.15, 0.2) is 58.9 Å². The van der Waals surface area contributed by atoms with Crippen molar-refractivity contribution in [2.75, 3.05) is 7.11 Å². The van der Waals surface area contributed by atoms with Gasteiger partial charge in [0, 0.05) is 6.20 Å². The summed E-state index contributed by atoms with van der Waals surface area (Å²) in [5.41, 5.74) is 1.50. The van der Waals surface area contributed by atoms with Gasteiger partial charge in [-0.2, -0.15) is 0 Å². The molecule has 0 spiro atoms. The minimum absolute atomic E-state index is 0.0665. The predicted molar refractivity (Wildman–Crippen MR) is 81.5 cm³/mol. The zero-order chi connectivity index (χ0) is 16.2. The summed E-state index contributed by atoms with van der Waals surface area (Å²) in [6, 6.07) is 11.9. The highest BCUT2D eigenvalue weighted by atomic mass is 19.1. The molecule has 0 aliphatic carbocycles. The predicted octanol–water partition coefficient (Wildman–Crippen LogP) is 3.60. The van der Waals surface area contributed by atoms with Crippen LogP contribution in [0.25, 0.3) is 5.65 Å². The Morgan fingerprint density at radius 3 is 2.74 bits per heavy atom. The van der Waals surface area contributed by atoms with Gasteiger partial charge in [-0.1, -0.05) is 18.2 Å². The van der Waals surface area contributed by atoms with Gasteiger partial charge in [0.05, 0.1) is 24.9 Å².